The summed E-state index contributed by atoms with van der Waals surface area (Å²) in [6.45, 7) is 13.3. The maximum absolute atomic E-state index is 5.96. The molecule has 1 aliphatic heterocycles. The second kappa shape index (κ2) is 10.4. The van der Waals surface area contributed by atoms with Crippen LogP contribution in [0.25, 0.3) is 0 Å². The second-order valence-electron chi connectivity index (χ2n) is 7.93. The van der Waals surface area contributed by atoms with Crippen molar-refractivity contribution in [2.75, 3.05) is 32.8 Å². The fourth-order valence-electron chi connectivity index (χ4n) is 4.01. The number of aromatic nitrogens is 1. The Balaban J connectivity index is 1.52. The summed E-state index contributed by atoms with van der Waals surface area (Å²) in [6.07, 6.45) is 1.14. The van der Waals surface area contributed by atoms with E-state index in [9.17, 15) is 0 Å². The third kappa shape index (κ3) is 5.82. The molecular formula is C23H34N4O2. The molecule has 0 aliphatic carbocycles. The smallest absolute Gasteiger partial charge is 0.193 e. The number of aliphatic imine (C=N–C) groups is 1. The van der Waals surface area contributed by atoms with Gasteiger partial charge in [-0.25, -0.2) is 0 Å². The van der Waals surface area contributed by atoms with E-state index in [1.807, 2.05) is 19.9 Å². The molecule has 6 heteroatoms. The van der Waals surface area contributed by atoms with Gasteiger partial charge in [0.05, 0.1) is 18.9 Å². The van der Waals surface area contributed by atoms with Crippen LogP contribution in [0.4, 0.5) is 0 Å². The number of guanidine groups is 1. The zero-order valence-electron chi connectivity index (χ0n) is 18.1. The van der Waals surface area contributed by atoms with Crippen molar-refractivity contribution in [3.8, 4) is 0 Å². The van der Waals surface area contributed by atoms with Gasteiger partial charge in [-0.15, -0.1) is 0 Å². The Morgan fingerprint density at radius 2 is 2.14 bits per heavy atom. The van der Waals surface area contributed by atoms with Crippen LogP contribution in [0.1, 0.15) is 48.8 Å². The summed E-state index contributed by atoms with van der Waals surface area (Å²) in [5, 5.41) is 7.53. The second-order valence-corrected chi connectivity index (χ2v) is 7.93. The molecule has 0 spiro atoms. The van der Waals surface area contributed by atoms with Crippen molar-refractivity contribution < 1.29 is 9.26 Å². The van der Waals surface area contributed by atoms with Gasteiger partial charge in [-0.1, -0.05) is 42.4 Å². The molecule has 6 nitrogen and oxygen atoms in total. The standard InChI is InChI=1S/C23H34N4O2/c1-5-24-23(25-13-17(2)22-18(3)26-29-19(22)4)27-12-11-21(14-27)16-28-15-20-9-7-6-8-10-20/h6-10,17,21H,5,11-16H2,1-4H3,(H,24,25). The van der Waals surface area contributed by atoms with Gasteiger partial charge in [-0.2, -0.15) is 0 Å². The number of aryl methyl sites for hydroxylation is 2. The maximum atomic E-state index is 5.96. The van der Waals surface area contributed by atoms with Gasteiger partial charge >= 0.3 is 0 Å². The van der Waals surface area contributed by atoms with E-state index in [2.05, 4.69) is 53.5 Å². The molecule has 0 bridgehead atoms. The lowest BCUT2D eigenvalue weighted by atomic mass is 10.00. The minimum atomic E-state index is 0.280. The van der Waals surface area contributed by atoms with Crippen LogP contribution >= 0.6 is 0 Å². The van der Waals surface area contributed by atoms with Crippen molar-refractivity contribution >= 4 is 5.96 Å². The zero-order chi connectivity index (χ0) is 20.6. The number of nitrogens with zero attached hydrogens (tertiary/aromatic N) is 3. The van der Waals surface area contributed by atoms with Crippen molar-refractivity contribution in [3.63, 3.8) is 0 Å². The van der Waals surface area contributed by atoms with Crippen LogP contribution in [-0.4, -0.2) is 48.8 Å². The lowest BCUT2D eigenvalue weighted by Crippen LogP contribution is -2.40. The SMILES string of the molecule is CCNC(=NCC(C)c1c(C)noc1C)N1CCC(COCc2ccccc2)C1. The highest BCUT2D eigenvalue weighted by Crippen LogP contribution is 2.24. The number of ether oxygens (including phenoxy) is 1. The molecule has 2 aromatic rings. The molecule has 3 rings (SSSR count). The summed E-state index contributed by atoms with van der Waals surface area (Å²) >= 11 is 0. The average molecular weight is 399 g/mol. The van der Waals surface area contributed by atoms with Gasteiger partial charge in [0.15, 0.2) is 5.96 Å². The predicted molar refractivity (Wildman–Crippen MR) is 116 cm³/mol. The Morgan fingerprint density at radius 3 is 2.83 bits per heavy atom. The van der Waals surface area contributed by atoms with E-state index in [4.69, 9.17) is 14.3 Å². The monoisotopic (exact) mass is 398 g/mol. The maximum Gasteiger partial charge on any atom is 0.193 e. The first-order chi connectivity index (χ1) is 14.1. The fraction of sp³-hybridized carbons (Fsp3) is 0.565. The molecule has 2 atom stereocenters. The molecule has 29 heavy (non-hydrogen) atoms. The zero-order valence-corrected chi connectivity index (χ0v) is 18.1. The van der Waals surface area contributed by atoms with Crippen LogP contribution in [0.15, 0.2) is 39.8 Å². The molecule has 2 heterocycles. The summed E-state index contributed by atoms with van der Waals surface area (Å²) in [5.74, 6) is 2.72. The van der Waals surface area contributed by atoms with Gasteiger partial charge in [0, 0.05) is 43.6 Å². The Kier molecular flexibility index (Phi) is 7.69. The first-order valence-corrected chi connectivity index (χ1v) is 10.7. The number of benzene rings is 1. The van der Waals surface area contributed by atoms with Gasteiger partial charge in [0.25, 0.3) is 0 Å². The van der Waals surface area contributed by atoms with Crippen LogP contribution in [0.5, 0.6) is 0 Å². The summed E-state index contributed by atoms with van der Waals surface area (Å²) in [4.78, 5) is 7.28. The van der Waals surface area contributed by atoms with Gasteiger partial charge in [0.1, 0.15) is 5.76 Å². The number of nitrogens with one attached hydrogen (secondary N) is 1. The normalized spacial score (nSPS) is 18.3. The van der Waals surface area contributed by atoms with E-state index in [1.165, 1.54) is 11.1 Å². The third-order valence-electron chi connectivity index (χ3n) is 5.48. The summed E-state index contributed by atoms with van der Waals surface area (Å²) < 4.78 is 11.3. The Labute approximate surface area is 174 Å². The Hall–Kier alpha value is -2.34. The minimum Gasteiger partial charge on any atom is -0.376 e. The van der Waals surface area contributed by atoms with Crippen LogP contribution < -0.4 is 5.32 Å². The quantitative estimate of drug-likeness (QED) is 0.540. The highest BCUT2D eigenvalue weighted by Gasteiger charge is 2.25. The molecular weight excluding hydrogens is 364 g/mol. The predicted octanol–water partition coefficient (Wildman–Crippen LogP) is 3.90. The lowest BCUT2D eigenvalue weighted by Gasteiger charge is -2.22. The Bertz CT molecular complexity index is 768. The van der Waals surface area contributed by atoms with Gasteiger partial charge in [-0.05, 0) is 32.8 Å². The third-order valence-corrected chi connectivity index (χ3v) is 5.48. The summed E-state index contributed by atoms with van der Waals surface area (Å²) in [6, 6.07) is 10.4. The van der Waals surface area contributed by atoms with Gasteiger partial charge in [0.2, 0.25) is 0 Å². The lowest BCUT2D eigenvalue weighted by molar-refractivity contribution is 0.0906. The molecule has 1 aromatic heterocycles. The number of hydrogen-bond acceptors (Lipinski definition) is 4. The van der Waals surface area contributed by atoms with E-state index < -0.39 is 0 Å². The van der Waals surface area contributed by atoms with Crippen molar-refractivity contribution in [1.29, 1.82) is 0 Å². The highest BCUT2D eigenvalue weighted by atomic mass is 16.5. The average Bonchev–Trinajstić information content (AvgIpc) is 3.32. The molecule has 0 radical (unpaired) electrons. The molecule has 1 N–H and O–H groups in total. The van der Waals surface area contributed by atoms with Crippen molar-refractivity contribution in [3.05, 3.63) is 52.9 Å². The molecule has 1 aromatic carbocycles. The Morgan fingerprint density at radius 1 is 1.34 bits per heavy atom. The van der Waals surface area contributed by atoms with Crippen LogP contribution in [0.3, 0.4) is 0 Å². The van der Waals surface area contributed by atoms with E-state index in [1.54, 1.807) is 0 Å². The van der Waals surface area contributed by atoms with E-state index in [0.29, 0.717) is 12.5 Å². The van der Waals surface area contributed by atoms with Crippen molar-refractivity contribution in [1.82, 2.24) is 15.4 Å². The molecule has 158 valence electrons. The summed E-state index contributed by atoms with van der Waals surface area (Å²) in [7, 11) is 0. The van der Waals surface area contributed by atoms with E-state index >= 15 is 0 Å². The van der Waals surface area contributed by atoms with Crippen LogP contribution in [0, 0.1) is 19.8 Å². The molecule has 1 saturated heterocycles. The fourth-order valence-corrected chi connectivity index (χ4v) is 4.01. The number of hydrogen-bond donors (Lipinski definition) is 1. The summed E-state index contributed by atoms with van der Waals surface area (Å²) in [5.41, 5.74) is 3.37. The molecule has 0 amide bonds. The molecule has 2 unspecified atom stereocenters. The van der Waals surface area contributed by atoms with Crippen molar-refractivity contribution in [2.45, 2.75) is 46.6 Å². The van der Waals surface area contributed by atoms with Crippen LogP contribution in [0.2, 0.25) is 0 Å². The molecule has 0 saturated carbocycles. The first-order valence-electron chi connectivity index (χ1n) is 10.7. The molecule has 1 aliphatic rings. The largest absolute Gasteiger partial charge is 0.376 e. The van der Waals surface area contributed by atoms with Crippen molar-refractivity contribution in [2.24, 2.45) is 10.9 Å². The van der Waals surface area contributed by atoms with Crippen LogP contribution in [-0.2, 0) is 11.3 Å². The van der Waals surface area contributed by atoms with Gasteiger partial charge in [-0.3, -0.25) is 4.99 Å². The highest BCUT2D eigenvalue weighted by molar-refractivity contribution is 5.80. The van der Waals surface area contributed by atoms with E-state index in [-0.39, 0.29) is 5.92 Å². The molecule has 1 fully saturated rings. The van der Waals surface area contributed by atoms with E-state index in [0.717, 1.165) is 56.6 Å². The minimum absolute atomic E-state index is 0.280. The van der Waals surface area contributed by atoms with Gasteiger partial charge < -0.3 is 19.5 Å². The number of rotatable bonds is 8. The topological polar surface area (TPSA) is 62.9 Å². The first kappa shape index (κ1) is 21.4. The number of likely N-dealkylation sites (tertiary alicyclic amines) is 1.